The fraction of sp³-hybridized carbons (Fsp3) is 0.579. The maximum absolute atomic E-state index is 12.7. The van der Waals surface area contributed by atoms with Crippen molar-refractivity contribution in [3.8, 4) is 0 Å². The normalized spacial score (nSPS) is 24.0. The third-order valence-electron chi connectivity index (χ3n) is 5.21. The van der Waals surface area contributed by atoms with Gasteiger partial charge in [-0.15, -0.1) is 0 Å². The highest BCUT2D eigenvalue weighted by Gasteiger charge is 2.26. The van der Waals surface area contributed by atoms with E-state index in [0.29, 0.717) is 11.6 Å². The second-order valence-corrected chi connectivity index (χ2v) is 7.04. The average Bonchev–Trinajstić information content (AvgIpc) is 3.10. The molecule has 2 atom stereocenters. The minimum Gasteiger partial charge on any atom is -0.339 e. The Hall–Kier alpha value is -1.88. The summed E-state index contributed by atoms with van der Waals surface area (Å²) in [5.41, 5.74) is 2.33. The summed E-state index contributed by atoms with van der Waals surface area (Å²) in [6.45, 7) is 6.58. The van der Waals surface area contributed by atoms with Crippen molar-refractivity contribution in [1.82, 2.24) is 10.2 Å². The molecule has 2 saturated heterocycles. The van der Waals surface area contributed by atoms with Gasteiger partial charge in [0.1, 0.15) is 0 Å². The van der Waals surface area contributed by atoms with Crippen LogP contribution >= 0.6 is 0 Å². The first-order chi connectivity index (χ1) is 11.6. The first kappa shape index (κ1) is 17.0. The van der Waals surface area contributed by atoms with Crippen molar-refractivity contribution in [3.63, 3.8) is 0 Å². The Morgan fingerprint density at radius 2 is 2.00 bits per heavy atom. The van der Waals surface area contributed by atoms with Gasteiger partial charge in [-0.3, -0.25) is 9.59 Å². The lowest BCUT2D eigenvalue weighted by Gasteiger charge is -2.27. The Morgan fingerprint density at radius 1 is 1.25 bits per heavy atom. The zero-order valence-electron chi connectivity index (χ0n) is 14.6. The van der Waals surface area contributed by atoms with Crippen LogP contribution in [0.15, 0.2) is 18.2 Å². The maximum Gasteiger partial charge on any atom is 0.254 e. The van der Waals surface area contributed by atoms with Gasteiger partial charge in [0.2, 0.25) is 5.91 Å². The van der Waals surface area contributed by atoms with Crippen molar-refractivity contribution in [2.24, 2.45) is 5.92 Å². The Bertz CT molecular complexity index is 623. The predicted octanol–water partition coefficient (Wildman–Crippen LogP) is 2.56. The number of rotatable bonds is 3. The number of anilines is 1. The zero-order chi connectivity index (χ0) is 17.1. The lowest BCUT2D eigenvalue weighted by atomic mass is 9.92. The van der Waals surface area contributed by atoms with Crippen molar-refractivity contribution in [2.75, 3.05) is 25.0 Å². The van der Waals surface area contributed by atoms with Crippen LogP contribution in [0.25, 0.3) is 0 Å². The van der Waals surface area contributed by atoms with Crippen molar-refractivity contribution in [1.29, 1.82) is 0 Å². The van der Waals surface area contributed by atoms with E-state index in [2.05, 4.69) is 17.6 Å². The number of likely N-dealkylation sites (tertiary alicyclic amines) is 1. The number of carbonyl (C=O) groups is 2. The summed E-state index contributed by atoms with van der Waals surface area (Å²) >= 11 is 0. The number of amides is 2. The summed E-state index contributed by atoms with van der Waals surface area (Å²) in [5.74, 6) is 0.187. The summed E-state index contributed by atoms with van der Waals surface area (Å²) in [5, 5.41) is 6.42. The van der Waals surface area contributed by atoms with Gasteiger partial charge in [-0.2, -0.15) is 0 Å². The molecule has 2 fully saturated rings. The smallest absolute Gasteiger partial charge is 0.254 e. The summed E-state index contributed by atoms with van der Waals surface area (Å²) in [4.78, 5) is 27.1. The number of nitrogens with zero attached hydrogens (tertiary/aromatic N) is 1. The van der Waals surface area contributed by atoms with E-state index in [9.17, 15) is 9.59 Å². The van der Waals surface area contributed by atoms with Crippen LogP contribution in [-0.4, -0.2) is 42.4 Å². The van der Waals surface area contributed by atoms with Crippen LogP contribution < -0.4 is 10.6 Å². The number of nitrogens with one attached hydrogen (secondary N) is 2. The van der Waals surface area contributed by atoms with Crippen molar-refractivity contribution >= 4 is 17.5 Å². The lowest BCUT2D eigenvalue weighted by Crippen LogP contribution is -2.40. The molecule has 2 heterocycles. The molecule has 0 radical (unpaired) electrons. The van der Waals surface area contributed by atoms with Crippen LogP contribution in [0.2, 0.25) is 0 Å². The van der Waals surface area contributed by atoms with Crippen molar-refractivity contribution in [3.05, 3.63) is 29.3 Å². The van der Waals surface area contributed by atoms with Crippen LogP contribution in [0.1, 0.15) is 48.5 Å². The Labute approximate surface area is 143 Å². The lowest BCUT2D eigenvalue weighted by molar-refractivity contribution is -0.120. The van der Waals surface area contributed by atoms with E-state index in [0.717, 1.165) is 56.6 Å². The SMILES string of the molecule is Cc1c(NC(=O)[C@H]2CCN[C@@H](C)C2)cccc1C(=O)N1CCCC1. The van der Waals surface area contributed by atoms with Gasteiger partial charge in [0.25, 0.3) is 5.91 Å². The van der Waals surface area contributed by atoms with E-state index in [1.165, 1.54) is 0 Å². The topological polar surface area (TPSA) is 61.4 Å². The van der Waals surface area contributed by atoms with Crippen molar-refractivity contribution in [2.45, 2.75) is 45.6 Å². The zero-order valence-corrected chi connectivity index (χ0v) is 14.6. The van der Waals surface area contributed by atoms with Gasteiger partial charge >= 0.3 is 0 Å². The predicted molar refractivity (Wildman–Crippen MR) is 95.1 cm³/mol. The summed E-state index contributed by atoms with van der Waals surface area (Å²) < 4.78 is 0. The van der Waals surface area contributed by atoms with Gasteiger partial charge in [-0.25, -0.2) is 0 Å². The molecular formula is C19H27N3O2. The van der Waals surface area contributed by atoms with Gasteiger partial charge in [0, 0.05) is 36.3 Å². The molecule has 2 aliphatic rings. The van der Waals surface area contributed by atoms with Gasteiger partial charge < -0.3 is 15.5 Å². The van der Waals surface area contributed by atoms with Crippen molar-refractivity contribution < 1.29 is 9.59 Å². The Morgan fingerprint density at radius 3 is 2.71 bits per heavy atom. The maximum atomic E-state index is 12.7. The molecule has 2 aliphatic heterocycles. The molecule has 0 aliphatic carbocycles. The first-order valence-electron chi connectivity index (χ1n) is 8.99. The Balaban J connectivity index is 1.73. The minimum atomic E-state index is 0.0404. The summed E-state index contributed by atoms with van der Waals surface area (Å²) in [6, 6.07) is 5.98. The number of hydrogen-bond acceptors (Lipinski definition) is 3. The summed E-state index contributed by atoms with van der Waals surface area (Å²) in [6.07, 6.45) is 3.88. The minimum absolute atomic E-state index is 0.0404. The molecule has 0 aromatic heterocycles. The van der Waals surface area contributed by atoms with Crippen LogP contribution in [0.4, 0.5) is 5.69 Å². The molecular weight excluding hydrogens is 302 g/mol. The van der Waals surface area contributed by atoms with E-state index in [1.54, 1.807) is 0 Å². The second kappa shape index (κ2) is 7.34. The molecule has 1 aromatic carbocycles. The van der Waals surface area contributed by atoms with Gasteiger partial charge in [-0.05, 0) is 63.8 Å². The van der Waals surface area contributed by atoms with E-state index in [-0.39, 0.29) is 17.7 Å². The van der Waals surface area contributed by atoms with Crippen LogP contribution in [0.3, 0.4) is 0 Å². The first-order valence-corrected chi connectivity index (χ1v) is 8.99. The van der Waals surface area contributed by atoms with E-state index >= 15 is 0 Å². The van der Waals surface area contributed by atoms with Gasteiger partial charge in [0.15, 0.2) is 0 Å². The molecule has 0 spiro atoms. The molecule has 130 valence electrons. The monoisotopic (exact) mass is 329 g/mol. The number of carbonyl (C=O) groups excluding carboxylic acids is 2. The Kier molecular flexibility index (Phi) is 5.19. The number of hydrogen-bond donors (Lipinski definition) is 2. The number of benzene rings is 1. The molecule has 2 N–H and O–H groups in total. The third-order valence-corrected chi connectivity index (χ3v) is 5.21. The quantitative estimate of drug-likeness (QED) is 0.896. The van der Waals surface area contributed by atoms with Crippen LogP contribution in [0.5, 0.6) is 0 Å². The highest BCUT2D eigenvalue weighted by molar-refractivity contribution is 5.99. The van der Waals surface area contributed by atoms with Gasteiger partial charge in [0.05, 0.1) is 0 Å². The molecule has 2 amide bonds. The number of piperidine rings is 1. The fourth-order valence-electron chi connectivity index (χ4n) is 3.70. The average molecular weight is 329 g/mol. The molecule has 24 heavy (non-hydrogen) atoms. The van der Waals surface area contributed by atoms with Crippen LogP contribution in [-0.2, 0) is 4.79 Å². The van der Waals surface area contributed by atoms with Crippen LogP contribution in [0, 0.1) is 12.8 Å². The van der Waals surface area contributed by atoms with E-state index in [4.69, 9.17) is 0 Å². The third kappa shape index (κ3) is 3.61. The van der Waals surface area contributed by atoms with E-state index < -0.39 is 0 Å². The molecule has 0 bridgehead atoms. The molecule has 3 rings (SSSR count). The summed E-state index contributed by atoms with van der Waals surface area (Å²) in [7, 11) is 0. The largest absolute Gasteiger partial charge is 0.339 e. The molecule has 0 saturated carbocycles. The highest BCUT2D eigenvalue weighted by atomic mass is 16.2. The molecule has 5 nitrogen and oxygen atoms in total. The standard InChI is InChI=1S/C19H27N3O2/c1-13-12-15(8-9-20-13)18(23)21-17-7-5-6-16(14(17)2)19(24)22-10-3-4-11-22/h5-7,13,15,20H,3-4,8-12H2,1-2H3,(H,21,23)/t13-,15-/m0/s1. The fourth-order valence-corrected chi connectivity index (χ4v) is 3.70. The molecule has 0 unspecified atom stereocenters. The van der Waals surface area contributed by atoms with Gasteiger partial charge in [-0.1, -0.05) is 6.07 Å². The highest BCUT2D eigenvalue weighted by Crippen LogP contribution is 2.24. The van der Waals surface area contributed by atoms with E-state index in [1.807, 2.05) is 30.0 Å². The second-order valence-electron chi connectivity index (χ2n) is 7.04. The molecule has 5 heteroatoms. The molecule has 1 aromatic rings.